The minimum atomic E-state index is -1.15. The van der Waals surface area contributed by atoms with Gasteiger partial charge < -0.3 is 10.0 Å². The molecule has 1 fully saturated rings. The molecule has 19 heavy (non-hydrogen) atoms. The van der Waals surface area contributed by atoms with E-state index in [-0.39, 0.29) is 5.91 Å². The molecule has 98 valence electrons. The van der Waals surface area contributed by atoms with E-state index in [1.165, 1.54) is 11.0 Å². The molecule has 0 aromatic heterocycles. The number of nitrogens with zero attached hydrogens (tertiary/aromatic N) is 2. The van der Waals surface area contributed by atoms with E-state index in [9.17, 15) is 14.7 Å². The van der Waals surface area contributed by atoms with E-state index >= 15 is 0 Å². The van der Waals surface area contributed by atoms with Gasteiger partial charge in [0.05, 0.1) is 11.6 Å². The Bertz CT molecular complexity index is 576. The van der Waals surface area contributed by atoms with Gasteiger partial charge in [-0.2, -0.15) is 5.26 Å². The van der Waals surface area contributed by atoms with Gasteiger partial charge in [-0.1, -0.05) is 6.07 Å². The smallest absolute Gasteiger partial charge is 0.329 e. The largest absolute Gasteiger partial charge is 0.480 e. The van der Waals surface area contributed by atoms with Gasteiger partial charge in [0.25, 0.3) is 5.91 Å². The SMILES string of the molecule is CC1(C(=O)O)CCCN1C(=O)c1cccc(C#N)c1. The van der Waals surface area contributed by atoms with E-state index < -0.39 is 11.5 Å². The fourth-order valence-electron chi connectivity index (χ4n) is 2.39. The second kappa shape index (κ2) is 4.73. The van der Waals surface area contributed by atoms with Gasteiger partial charge >= 0.3 is 5.97 Å². The molecule has 1 aliphatic heterocycles. The summed E-state index contributed by atoms with van der Waals surface area (Å²) in [5.41, 5.74) is -0.407. The molecule has 0 aliphatic carbocycles. The summed E-state index contributed by atoms with van der Waals surface area (Å²) in [6.07, 6.45) is 1.12. The van der Waals surface area contributed by atoms with Crippen LogP contribution >= 0.6 is 0 Å². The third kappa shape index (κ3) is 2.17. The number of rotatable bonds is 2. The van der Waals surface area contributed by atoms with Gasteiger partial charge in [0.15, 0.2) is 0 Å². The van der Waals surface area contributed by atoms with Crippen LogP contribution < -0.4 is 0 Å². The van der Waals surface area contributed by atoms with Gasteiger partial charge in [-0.15, -0.1) is 0 Å². The van der Waals surface area contributed by atoms with Gasteiger partial charge in [0, 0.05) is 12.1 Å². The molecule has 1 aliphatic rings. The van der Waals surface area contributed by atoms with Crippen LogP contribution in [0.1, 0.15) is 35.7 Å². The fraction of sp³-hybridized carbons (Fsp3) is 0.357. The zero-order valence-electron chi connectivity index (χ0n) is 10.6. The third-order valence-electron chi connectivity index (χ3n) is 3.59. The summed E-state index contributed by atoms with van der Waals surface area (Å²) < 4.78 is 0. The van der Waals surface area contributed by atoms with Crippen molar-refractivity contribution in [2.45, 2.75) is 25.3 Å². The summed E-state index contributed by atoms with van der Waals surface area (Å²) >= 11 is 0. The molecule has 0 spiro atoms. The summed E-state index contributed by atoms with van der Waals surface area (Å²) in [6.45, 7) is 1.99. The van der Waals surface area contributed by atoms with Crippen molar-refractivity contribution in [3.05, 3.63) is 35.4 Å². The topological polar surface area (TPSA) is 81.4 Å². The highest BCUT2D eigenvalue weighted by Crippen LogP contribution is 2.30. The van der Waals surface area contributed by atoms with E-state index in [0.717, 1.165) is 0 Å². The number of carbonyl (C=O) groups excluding carboxylic acids is 1. The first-order valence-corrected chi connectivity index (χ1v) is 6.04. The van der Waals surface area contributed by atoms with Crippen LogP contribution in [-0.2, 0) is 4.79 Å². The first-order valence-electron chi connectivity index (χ1n) is 6.04. The summed E-state index contributed by atoms with van der Waals surface area (Å²) in [5.74, 6) is -1.32. The summed E-state index contributed by atoms with van der Waals surface area (Å²) in [4.78, 5) is 25.1. The Morgan fingerprint density at radius 2 is 2.21 bits per heavy atom. The van der Waals surface area contributed by atoms with Crippen LogP contribution in [0, 0.1) is 11.3 Å². The van der Waals surface area contributed by atoms with Crippen molar-refractivity contribution in [2.24, 2.45) is 0 Å². The summed E-state index contributed by atoms with van der Waals surface area (Å²) in [5, 5.41) is 18.1. The van der Waals surface area contributed by atoms with Crippen molar-refractivity contribution in [1.82, 2.24) is 4.90 Å². The molecule has 1 aromatic rings. The Balaban J connectivity index is 2.34. The minimum absolute atomic E-state index is 0.334. The maximum Gasteiger partial charge on any atom is 0.329 e. The number of hydrogen-bond donors (Lipinski definition) is 1. The number of hydrogen-bond acceptors (Lipinski definition) is 3. The Hall–Kier alpha value is -2.35. The van der Waals surface area contributed by atoms with Crippen LogP contribution in [0.4, 0.5) is 0 Å². The summed E-state index contributed by atoms with van der Waals surface area (Å²) in [7, 11) is 0. The monoisotopic (exact) mass is 258 g/mol. The average Bonchev–Trinajstić information content (AvgIpc) is 2.81. The molecular weight excluding hydrogens is 244 g/mol. The van der Waals surface area contributed by atoms with Crippen LogP contribution in [0.2, 0.25) is 0 Å². The molecule has 5 nitrogen and oxygen atoms in total. The van der Waals surface area contributed by atoms with Gasteiger partial charge in [-0.3, -0.25) is 4.79 Å². The van der Waals surface area contributed by atoms with Crippen molar-refractivity contribution in [3.63, 3.8) is 0 Å². The van der Waals surface area contributed by atoms with Crippen LogP contribution in [0.15, 0.2) is 24.3 Å². The van der Waals surface area contributed by atoms with Gasteiger partial charge in [0.1, 0.15) is 5.54 Å². The number of carboxylic acid groups (broad SMARTS) is 1. The van der Waals surface area contributed by atoms with Gasteiger partial charge in [-0.25, -0.2) is 4.79 Å². The van der Waals surface area contributed by atoms with E-state index in [4.69, 9.17) is 5.26 Å². The standard InChI is InChI=1S/C14H14N2O3/c1-14(13(18)19)6-3-7-16(14)12(17)11-5-2-4-10(8-11)9-15/h2,4-5,8H,3,6-7H2,1H3,(H,18,19). The lowest BCUT2D eigenvalue weighted by molar-refractivity contribution is -0.147. The number of nitriles is 1. The first-order chi connectivity index (χ1) is 8.99. The molecule has 1 unspecified atom stereocenters. The van der Waals surface area contributed by atoms with E-state index in [1.54, 1.807) is 25.1 Å². The zero-order valence-corrected chi connectivity index (χ0v) is 10.6. The molecular formula is C14H14N2O3. The Morgan fingerprint density at radius 1 is 1.47 bits per heavy atom. The second-order valence-corrected chi connectivity index (χ2v) is 4.83. The van der Waals surface area contributed by atoms with E-state index in [1.807, 2.05) is 6.07 Å². The lowest BCUT2D eigenvalue weighted by Gasteiger charge is -2.31. The Kier molecular flexibility index (Phi) is 3.26. The Labute approximate surface area is 111 Å². The predicted molar refractivity (Wildman–Crippen MR) is 67.5 cm³/mol. The molecule has 0 radical (unpaired) electrons. The van der Waals surface area contributed by atoms with Crippen LogP contribution in [-0.4, -0.2) is 34.0 Å². The third-order valence-corrected chi connectivity index (χ3v) is 3.59. The quantitative estimate of drug-likeness (QED) is 0.874. The normalized spacial score (nSPS) is 22.0. The lowest BCUT2D eigenvalue weighted by atomic mass is 9.98. The average molecular weight is 258 g/mol. The molecule has 2 rings (SSSR count). The molecule has 5 heteroatoms. The molecule has 1 saturated heterocycles. The fourth-order valence-corrected chi connectivity index (χ4v) is 2.39. The molecule has 1 N–H and O–H groups in total. The molecule has 1 aromatic carbocycles. The van der Waals surface area contributed by atoms with Crippen molar-refractivity contribution in [2.75, 3.05) is 6.54 Å². The number of likely N-dealkylation sites (tertiary alicyclic amines) is 1. The lowest BCUT2D eigenvalue weighted by Crippen LogP contribution is -2.50. The summed E-state index contributed by atoms with van der Waals surface area (Å²) in [6, 6.07) is 8.29. The van der Waals surface area contributed by atoms with Crippen LogP contribution in [0.3, 0.4) is 0 Å². The van der Waals surface area contributed by atoms with Crippen molar-refractivity contribution >= 4 is 11.9 Å². The molecule has 1 amide bonds. The Morgan fingerprint density at radius 3 is 2.84 bits per heavy atom. The van der Waals surface area contributed by atoms with Crippen LogP contribution in [0.5, 0.6) is 0 Å². The van der Waals surface area contributed by atoms with Gasteiger partial charge in [0.2, 0.25) is 0 Å². The molecule has 0 saturated carbocycles. The van der Waals surface area contributed by atoms with Crippen LogP contribution in [0.25, 0.3) is 0 Å². The second-order valence-electron chi connectivity index (χ2n) is 4.83. The number of carbonyl (C=O) groups is 2. The minimum Gasteiger partial charge on any atom is -0.480 e. The van der Waals surface area contributed by atoms with Crippen molar-refractivity contribution in [3.8, 4) is 6.07 Å². The first kappa shape index (κ1) is 13.1. The zero-order chi connectivity index (χ0) is 14.0. The number of amides is 1. The van der Waals surface area contributed by atoms with E-state index in [0.29, 0.717) is 30.5 Å². The maximum absolute atomic E-state index is 12.4. The van der Waals surface area contributed by atoms with Crippen molar-refractivity contribution < 1.29 is 14.7 Å². The molecule has 0 bridgehead atoms. The highest BCUT2D eigenvalue weighted by atomic mass is 16.4. The predicted octanol–water partition coefficient (Wildman–Crippen LogP) is 1.64. The highest BCUT2D eigenvalue weighted by Gasteiger charge is 2.46. The maximum atomic E-state index is 12.4. The molecule has 1 atom stereocenters. The highest BCUT2D eigenvalue weighted by molar-refractivity contribution is 5.98. The molecule has 1 heterocycles. The van der Waals surface area contributed by atoms with Gasteiger partial charge in [-0.05, 0) is 38.0 Å². The van der Waals surface area contributed by atoms with Crippen molar-refractivity contribution in [1.29, 1.82) is 5.26 Å². The number of benzene rings is 1. The number of carboxylic acids is 1. The number of aliphatic carboxylic acids is 1. The van der Waals surface area contributed by atoms with E-state index in [2.05, 4.69) is 0 Å².